The Labute approximate surface area is 162 Å². The van der Waals surface area contributed by atoms with Crippen LogP contribution in [0.15, 0.2) is 59.2 Å². The van der Waals surface area contributed by atoms with Crippen molar-refractivity contribution in [2.75, 3.05) is 6.54 Å². The Morgan fingerprint density at radius 1 is 1.19 bits per heavy atom. The molecule has 0 spiro atoms. The van der Waals surface area contributed by atoms with Crippen LogP contribution in [0.2, 0.25) is 5.02 Å². The third kappa shape index (κ3) is 3.41. The molecule has 0 saturated heterocycles. The van der Waals surface area contributed by atoms with Gasteiger partial charge >= 0.3 is 0 Å². The Morgan fingerprint density at radius 2 is 2.04 bits per heavy atom. The van der Waals surface area contributed by atoms with E-state index < -0.39 is 5.79 Å². The number of hydrogen-bond acceptors (Lipinski definition) is 4. The van der Waals surface area contributed by atoms with Crippen LogP contribution in [0, 0.1) is 0 Å². The molecule has 0 aliphatic carbocycles. The van der Waals surface area contributed by atoms with Gasteiger partial charge < -0.3 is 15.6 Å². The average Bonchev–Trinajstić information content (AvgIpc) is 3.04. The van der Waals surface area contributed by atoms with Crippen molar-refractivity contribution in [1.29, 1.82) is 0 Å². The molecule has 138 valence electrons. The van der Waals surface area contributed by atoms with Gasteiger partial charge in [0.05, 0.1) is 11.0 Å². The zero-order valence-electron chi connectivity index (χ0n) is 15.2. The smallest absolute Gasteiger partial charge is 0.190 e. The quantitative estimate of drug-likeness (QED) is 0.560. The van der Waals surface area contributed by atoms with Crippen LogP contribution in [-0.2, 0) is 5.79 Å². The fraction of sp³-hybridized carbons (Fsp3) is 0.200. The number of rotatable bonds is 3. The van der Waals surface area contributed by atoms with E-state index in [9.17, 15) is 0 Å². The number of fused-ring (bicyclic) bond motifs is 1. The second-order valence-corrected chi connectivity index (χ2v) is 7.01. The molecule has 1 unspecified atom stereocenters. The van der Waals surface area contributed by atoms with Crippen molar-refractivity contribution < 1.29 is 0 Å². The predicted octanol–water partition coefficient (Wildman–Crippen LogP) is 3.47. The number of hydrogen-bond donors (Lipinski definition) is 4. The standard InChI is InChI=1S/C20H21ClN6/c1-3-23-18-9-12(2)26-20(22,27-18)14-7-8-16-17(11-14)25-19(24-16)13-5-4-6-15(21)10-13/h4-11,26H,3,22H2,1-2H3,(H,23,27)(H,24,25). The van der Waals surface area contributed by atoms with E-state index in [1.165, 1.54) is 0 Å². The molecule has 0 fully saturated rings. The van der Waals surface area contributed by atoms with Crippen LogP contribution < -0.4 is 16.4 Å². The monoisotopic (exact) mass is 380 g/mol. The second-order valence-electron chi connectivity index (χ2n) is 6.57. The summed E-state index contributed by atoms with van der Waals surface area (Å²) in [6.07, 6.45) is 1.95. The van der Waals surface area contributed by atoms with E-state index in [1.54, 1.807) is 0 Å². The van der Waals surface area contributed by atoms with E-state index in [1.807, 2.05) is 62.4 Å². The van der Waals surface area contributed by atoms with Crippen molar-refractivity contribution in [2.24, 2.45) is 10.7 Å². The normalized spacial score (nSPS) is 21.0. The molecular formula is C20H21ClN6. The maximum absolute atomic E-state index is 6.62. The van der Waals surface area contributed by atoms with Gasteiger partial charge in [0.2, 0.25) is 0 Å². The van der Waals surface area contributed by atoms with Crippen molar-refractivity contribution in [1.82, 2.24) is 20.6 Å². The lowest BCUT2D eigenvalue weighted by Gasteiger charge is -2.37. The topological polar surface area (TPSA) is 91.1 Å². The number of aliphatic imine (C=N–C) groups is 1. The second kappa shape index (κ2) is 6.72. The van der Waals surface area contributed by atoms with Gasteiger partial charge in [-0.1, -0.05) is 29.8 Å². The van der Waals surface area contributed by atoms with Crippen LogP contribution in [0.1, 0.15) is 19.4 Å². The fourth-order valence-corrected chi connectivity index (χ4v) is 3.44. The van der Waals surface area contributed by atoms with Gasteiger partial charge in [-0.3, -0.25) is 10.7 Å². The number of nitrogens with one attached hydrogen (secondary N) is 3. The minimum Gasteiger partial charge on any atom is -0.350 e. The molecule has 4 rings (SSSR count). The lowest BCUT2D eigenvalue weighted by atomic mass is 10.0. The highest BCUT2D eigenvalue weighted by molar-refractivity contribution is 6.30. The molecule has 1 aromatic heterocycles. The molecule has 5 N–H and O–H groups in total. The van der Waals surface area contributed by atoms with Gasteiger partial charge in [-0.25, -0.2) is 4.98 Å². The first kappa shape index (κ1) is 17.6. The van der Waals surface area contributed by atoms with E-state index in [0.29, 0.717) is 11.6 Å². The predicted molar refractivity (Wildman–Crippen MR) is 110 cm³/mol. The Morgan fingerprint density at radius 3 is 2.81 bits per heavy atom. The van der Waals surface area contributed by atoms with Crippen molar-refractivity contribution in [2.45, 2.75) is 19.6 Å². The van der Waals surface area contributed by atoms with Gasteiger partial charge in [-0.2, -0.15) is 0 Å². The van der Waals surface area contributed by atoms with Crippen molar-refractivity contribution in [3.63, 3.8) is 0 Å². The summed E-state index contributed by atoms with van der Waals surface area (Å²) in [5.41, 5.74) is 11.2. The largest absolute Gasteiger partial charge is 0.350 e. The maximum Gasteiger partial charge on any atom is 0.190 e. The van der Waals surface area contributed by atoms with E-state index >= 15 is 0 Å². The summed E-state index contributed by atoms with van der Waals surface area (Å²) in [6.45, 7) is 4.65. The number of aromatic nitrogens is 2. The molecule has 0 bridgehead atoms. The highest BCUT2D eigenvalue weighted by atomic mass is 35.5. The summed E-state index contributed by atoms with van der Waals surface area (Å²) in [5, 5.41) is 7.26. The molecule has 0 amide bonds. The zero-order valence-corrected chi connectivity index (χ0v) is 15.9. The summed E-state index contributed by atoms with van der Waals surface area (Å²) in [7, 11) is 0. The van der Waals surface area contributed by atoms with Crippen molar-refractivity contribution in [3.8, 4) is 11.4 Å². The third-order valence-electron chi connectivity index (χ3n) is 4.44. The van der Waals surface area contributed by atoms with Gasteiger partial charge in [0.1, 0.15) is 11.7 Å². The molecule has 1 aliphatic heterocycles. The number of allylic oxidation sites excluding steroid dienone is 1. The highest BCUT2D eigenvalue weighted by Crippen LogP contribution is 2.26. The molecule has 2 aromatic carbocycles. The van der Waals surface area contributed by atoms with Gasteiger partial charge in [0, 0.05) is 28.4 Å². The molecule has 1 aliphatic rings. The minimum absolute atomic E-state index is 0.676. The number of halogens is 1. The van der Waals surface area contributed by atoms with E-state index in [0.717, 1.165) is 39.5 Å². The molecule has 7 heteroatoms. The molecule has 0 radical (unpaired) electrons. The Hall–Kier alpha value is -2.83. The SMILES string of the molecule is CCN=C1C=C(C)NC(N)(c2ccc3nc(-c4cccc(Cl)c4)[nH]c3c2)N1. The van der Waals surface area contributed by atoms with E-state index in [-0.39, 0.29) is 0 Å². The van der Waals surface area contributed by atoms with Crippen LogP contribution in [0.5, 0.6) is 0 Å². The summed E-state index contributed by atoms with van der Waals surface area (Å²) in [4.78, 5) is 12.5. The van der Waals surface area contributed by atoms with Crippen molar-refractivity contribution >= 4 is 28.5 Å². The van der Waals surface area contributed by atoms with Crippen LogP contribution >= 0.6 is 11.6 Å². The average molecular weight is 381 g/mol. The number of aromatic amines is 1. The van der Waals surface area contributed by atoms with Gasteiger partial charge in [-0.05, 0) is 44.2 Å². The fourth-order valence-electron chi connectivity index (χ4n) is 3.25. The molecule has 1 atom stereocenters. The number of H-pyrrole nitrogens is 1. The van der Waals surface area contributed by atoms with Gasteiger partial charge in [0.15, 0.2) is 5.79 Å². The maximum atomic E-state index is 6.62. The molecule has 6 nitrogen and oxygen atoms in total. The third-order valence-corrected chi connectivity index (χ3v) is 4.67. The van der Waals surface area contributed by atoms with Crippen LogP contribution in [0.25, 0.3) is 22.4 Å². The van der Waals surface area contributed by atoms with E-state index in [4.69, 9.17) is 17.3 Å². The number of nitrogens with two attached hydrogens (primary N) is 1. The molecule has 27 heavy (non-hydrogen) atoms. The lowest BCUT2D eigenvalue weighted by Crippen LogP contribution is -2.64. The number of imidazole rings is 1. The Balaban J connectivity index is 1.73. The summed E-state index contributed by atoms with van der Waals surface area (Å²) >= 11 is 6.10. The zero-order chi connectivity index (χ0) is 19.0. The molecule has 2 heterocycles. The highest BCUT2D eigenvalue weighted by Gasteiger charge is 2.31. The molecule has 3 aromatic rings. The van der Waals surface area contributed by atoms with Crippen molar-refractivity contribution in [3.05, 3.63) is 64.8 Å². The first-order valence-corrected chi connectivity index (χ1v) is 9.19. The lowest BCUT2D eigenvalue weighted by molar-refractivity contribution is 0.341. The van der Waals surface area contributed by atoms with Crippen LogP contribution in [-0.4, -0.2) is 22.3 Å². The van der Waals surface area contributed by atoms with Crippen LogP contribution in [0.4, 0.5) is 0 Å². The summed E-state index contributed by atoms with van der Waals surface area (Å²) in [6, 6.07) is 13.5. The number of nitrogens with zero attached hydrogens (tertiary/aromatic N) is 2. The first-order valence-electron chi connectivity index (χ1n) is 8.81. The first-order chi connectivity index (χ1) is 13.0. The molecular weight excluding hydrogens is 360 g/mol. The number of amidine groups is 1. The summed E-state index contributed by atoms with van der Waals surface area (Å²) in [5.74, 6) is 0.590. The van der Waals surface area contributed by atoms with Gasteiger partial charge in [-0.15, -0.1) is 0 Å². The minimum atomic E-state index is -0.942. The Kier molecular flexibility index (Phi) is 4.37. The van der Waals surface area contributed by atoms with Crippen LogP contribution in [0.3, 0.4) is 0 Å². The molecule has 0 saturated carbocycles. The van der Waals surface area contributed by atoms with E-state index in [2.05, 4.69) is 25.6 Å². The Bertz CT molecular complexity index is 1070. The van der Waals surface area contributed by atoms with Gasteiger partial charge in [0.25, 0.3) is 0 Å². The number of benzene rings is 2. The summed E-state index contributed by atoms with van der Waals surface area (Å²) < 4.78 is 0.